The minimum atomic E-state index is -0.355. The van der Waals surface area contributed by atoms with Gasteiger partial charge in [-0.05, 0) is 12.1 Å². The molecule has 0 fully saturated rings. The van der Waals surface area contributed by atoms with E-state index >= 15 is 0 Å². The highest BCUT2D eigenvalue weighted by atomic mass is 35.5. The summed E-state index contributed by atoms with van der Waals surface area (Å²) in [6.45, 7) is 0. The number of aromatic nitrogens is 2. The van der Waals surface area contributed by atoms with Crippen LogP contribution in [-0.4, -0.2) is 15.8 Å². The molecule has 0 saturated carbocycles. The van der Waals surface area contributed by atoms with Crippen molar-refractivity contribution in [2.45, 2.75) is 0 Å². The summed E-state index contributed by atoms with van der Waals surface area (Å²) in [5, 5.41) is -0.0437. The van der Waals surface area contributed by atoms with Gasteiger partial charge in [0, 0.05) is 12.7 Å². The van der Waals surface area contributed by atoms with E-state index in [4.69, 9.17) is 11.6 Å². The Morgan fingerprint density at radius 2 is 1.94 bits per heavy atom. The third kappa shape index (κ3) is 2.05. The molecule has 0 atom stereocenters. The van der Waals surface area contributed by atoms with Gasteiger partial charge in [-0.2, -0.15) is 8.75 Å². The minimum Gasteiger partial charge on any atom is -0.325 e. The average Bonchev–Trinajstić information content (AvgIpc) is 2.33. The zero-order valence-electron chi connectivity index (χ0n) is 8.42. The Bertz CT molecular complexity index is 543. The van der Waals surface area contributed by atoms with Gasteiger partial charge in [-0.3, -0.25) is 4.79 Å². The molecule has 0 spiro atoms. The maximum absolute atomic E-state index is 11.7. The molecule has 0 unspecified atom stereocenters. The Labute approximate surface area is 101 Å². The van der Waals surface area contributed by atoms with Crippen molar-refractivity contribution in [1.29, 1.82) is 0 Å². The first-order valence-electron chi connectivity index (χ1n) is 4.51. The van der Waals surface area contributed by atoms with E-state index in [0.717, 1.165) is 17.4 Å². The smallest absolute Gasteiger partial charge is 0.260 e. The molecule has 0 aliphatic carbocycles. The normalized spacial score (nSPS) is 10.1. The topological polar surface area (TPSA) is 46.1 Å². The van der Waals surface area contributed by atoms with Crippen LogP contribution in [0.5, 0.6) is 0 Å². The second-order valence-corrected chi connectivity index (χ2v) is 3.99. The summed E-state index contributed by atoms with van der Waals surface area (Å²) in [5.74, 6) is 0.288. The summed E-state index contributed by atoms with van der Waals surface area (Å²) in [4.78, 5) is 13.4. The van der Waals surface area contributed by atoms with Crippen LogP contribution in [0, 0.1) is 0 Å². The quantitative estimate of drug-likeness (QED) is 0.824. The first-order valence-corrected chi connectivity index (χ1v) is 5.62. The molecule has 4 nitrogen and oxygen atoms in total. The first kappa shape index (κ1) is 11.0. The summed E-state index contributed by atoms with van der Waals surface area (Å²) < 4.78 is 7.65. The molecule has 0 bridgehead atoms. The van der Waals surface area contributed by atoms with Crippen molar-refractivity contribution in [3.8, 4) is 0 Å². The lowest BCUT2D eigenvalue weighted by atomic mass is 10.3. The van der Waals surface area contributed by atoms with Gasteiger partial charge in [0.15, 0.2) is 11.0 Å². The summed E-state index contributed by atoms with van der Waals surface area (Å²) in [6.07, 6.45) is 0. The van der Waals surface area contributed by atoms with Crippen LogP contribution in [0.1, 0.15) is 0 Å². The monoisotopic (exact) mass is 253 g/mol. The molecule has 1 aromatic carbocycles. The molecule has 0 radical (unpaired) electrons. The fraction of sp³-hybridized carbons (Fsp3) is 0.100. The van der Waals surface area contributed by atoms with E-state index in [2.05, 4.69) is 8.75 Å². The molecule has 82 valence electrons. The van der Waals surface area contributed by atoms with Crippen molar-refractivity contribution in [2.24, 2.45) is 0 Å². The summed E-state index contributed by atoms with van der Waals surface area (Å²) >= 11 is 6.58. The Balaban J connectivity index is 2.46. The second-order valence-electron chi connectivity index (χ2n) is 3.10. The maximum atomic E-state index is 11.7. The van der Waals surface area contributed by atoms with Gasteiger partial charge >= 0.3 is 0 Å². The van der Waals surface area contributed by atoms with Crippen molar-refractivity contribution in [1.82, 2.24) is 8.75 Å². The molecule has 6 heteroatoms. The number of anilines is 2. The van der Waals surface area contributed by atoms with Gasteiger partial charge in [-0.1, -0.05) is 29.8 Å². The fourth-order valence-corrected chi connectivity index (χ4v) is 1.91. The highest BCUT2D eigenvalue weighted by Crippen LogP contribution is 2.18. The zero-order chi connectivity index (χ0) is 11.5. The van der Waals surface area contributed by atoms with Crippen molar-refractivity contribution in [3.05, 3.63) is 45.7 Å². The third-order valence-corrected chi connectivity index (χ3v) is 2.98. The standard InChI is InChI=1S/C10H8ClN3OS/c1-14(7-5-3-2-4-6-7)10-8(15)9(11)12-16-13-10/h2-6H,1H3. The van der Waals surface area contributed by atoms with Crippen LogP contribution in [0.2, 0.25) is 5.15 Å². The van der Waals surface area contributed by atoms with Crippen LogP contribution in [-0.2, 0) is 0 Å². The molecule has 0 N–H and O–H groups in total. The lowest BCUT2D eigenvalue weighted by Crippen LogP contribution is -2.20. The van der Waals surface area contributed by atoms with E-state index in [9.17, 15) is 4.79 Å². The Hall–Kier alpha value is -1.46. The summed E-state index contributed by atoms with van der Waals surface area (Å²) in [6, 6.07) is 9.47. The molecule has 1 aromatic heterocycles. The van der Waals surface area contributed by atoms with Gasteiger partial charge in [-0.25, -0.2) is 0 Å². The largest absolute Gasteiger partial charge is 0.325 e. The van der Waals surface area contributed by atoms with E-state index in [-0.39, 0.29) is 16.4 Å². The number of benzene rings is 1. The number of hydrogen-bond donors (Lipinski definition) is 0. The number of hydrogen-bond acceptors (Lipinski definition) is 5. The highest BCUT2D eigenvalue weighted by molar-refractivity contribution is 6.99. The van der Waals surface area contributed by atoms with E-state index in [1.54, 1.807) is 11.9 Å². The Morgan fingerprint density at radius 1 is 1.25 bits per heavy atom. The maximum Gasteiger partial charge on any atom is 0.260 e. The van der Waals surface area contributed by atoms with Gasteiger partial charge in [0.1, 0.15) is 0 Å². The van der Waals surface area contributed by atoms with Crippen LogP contribution in [0.3, 0.4) is 0 Å². The lowest BCUT2D eigenvalue weighted by Gasteiger charge is -2.16. The fourth-order valence-electron chi connectivity index (χ4n) is 1.26. The number of para-hydroxylation sites is 1. The molecule has 1 heterocycles. The van der Waals surface area contributed by atoms with Crippen molar-refractivity contribution in [3.63, 3.8) is 0 Å². The van der Waals surface area contributed by atoms with Crippen molar-refractivity contribution < 1.29 is 0 Å². The molecule has 0 aliphatic heterocycles. The Morgan fingerprint density at radius 3 is 2.62 bits per heavy atom. The van der Waals surface area contributed by atoms with E-state index in [1.807, 2.05) is 30.3 Å². The van der Waals surface area contributed by atoms with Gasteiger partial charge in [-0.15, -0.1) is 0 Å². The van der Waals surface area contributed by atoms with Crippen LogP contribution >= 0.6 is 23.3 Å². The van der Waals surface area contributed by atoms with Crippen molar-refractivity contribution >= 4 is 34.8 Å². The van der Waals surface area contributed by atoms with Crippen molar-refractivity contribution in [2.75, 3.05) is 11.9 Å². The molecule has 2 rings (SSSR count). The van der Waals surface area contributed by atoms with Gasteiger partial charge in [0.25, 0.3) is 5.43 Å². The Kier molecular flexibility index (Phi) is 3.17. The SMILES string of the molecule is CN(c1ccccc1)c1nsnc(Cl)c1=O. The number of halogens is 1. The molecule has 0 aliphatic rings. The lowest BCUT2D eigenvalue weighted by molar-refractivity contribution is 1.14. The van der Waals surface area contributed by atoms with E-state index in [1.165, 1.54) is 0 Å². The second kappa shape index (κ2) is 4.59. The average molecular weight is 254 g/mol. The molecular weight excluding hydrogens is 246 g/mol. The van der Waals surface area contributed by atoms with Crippen LogP contribution < -0.4 is 10.3 Å². The predicted octanol–water partition coefficient (Wildman–Crippen LogP) is 2.32. The number of nitrogens with zero attached hydrogens (tertiary/aromatic N) is 3. The molecule has 0 saturated heterocycles. The van der Waals surface area contributed by atoms with Crippen LogP contribution in [0.25, 0.3) is 0 Å². The van der Waals surface area contributed by atoms with Gasteiger partial charge in [0.05, 0.1) is 11.7 Å². The number of rotatable bonds is 2. The molecule has 16 heavy (non-hydrogen) atoms. The third-order valence-electron chi connectivity index (χ3n) is 2.10. The first-order chi connectivity index (χ1) is 7.70. The molecular formula is C10H8ClN3OS. The predicted molar refractivity (Wildman–Crippen MR) is 65.7 cm³/mol. The van der Waals surface area contributed by atoms with Gasteiger partial charge in [0.2, 0.25) is 0 Å². The molecule has 2 aromatic rings. The minimum absolute atomic E-state index is 0.0437. The van der Waals surface area contributed by atoms with E-state index in [0.29, 0.717) is 0 Å². The highest BCUT2D eigenvalue weighted by Gasteiger charge is 2.12. The summed E-state index contributed by atoms with van der Waals surface area (Å²) in [5.41, 5.74) is 0.522. The van der Waals surface area contributed by atoms with Crippen LogP contribution in [0.4, 0.5) is 11.5 Å². The van der Waals surface area contributed by atoms with Crippen LogP contribution in [0.15, 0.2) is 35.1 Å². The summed E-state index contributed by atoms with van der Waals surface area (Å²) in [7, 11) is 1.77. The van der Waals surface area contributed by atoms with Gasteiger partial charge < -0.3 is 4.90 Å². The van der Waals surface area contributed by atoms with E-state index < -0.39 is 0 Å². The zero-order valence-corrected chi connectivity index (χ0v) is 10.00. The molecule has 0 amide bonds.